The average Bonchev–Trinajstić information content (AvgIpc) is 1.93. The molecule has 0 spiro atoms. The van der Waals surface area contributed by atoms with Crippen molar-refractivity contribution in [3.05, 3.63) is 0 Å². The zero-order chi connectivity index (χ0) is 11.4. The number of nitrogens with zero attached hydrogens (tertiary/aromatic N) is 1. The molecule has 84 valence electrons. The molecule has 0 saturated heterocycles. The molecule has 0 unspecified atom stereocenters. The zero-order valence-corrected chi connectivity index (χ0v) is 8.61. The Kier molecular flexibility index (Phi) is 4.38. The van der Waals surface area contributed by atoms with Crippen molar-refractivity contribution in [1.29, 1.82) is 0 Å². The lowest BCUT2D eigenvalue weighted by Gasteiger charge is -2.23. The SMILES string of the molecule is C[N+](C)(C)CCCNC(=O)C(F)(F)F. The van der Waals surface area contributed by atoms with Crippen LogP contribution in [0.3, 0.4) is 0 Å². The highest BCUT2D eigenvalue weighted by molar-refractivity contribution is 5.81. The summed E-state index contributed by atoms with van der Waals surface area (Å²) in [5.41, 5.74) is 0. The molecule has 0 aliphatic heterocycles. The van der Waals surface area contributed by atoms with Crippen LogP contribution in [0, 0.1) is 0 Å². The van der Waals surface area contributed by atoms with E-state index >= 15 is 0 Å². The number of carbonyl (C=O) groups is 1. The maximum atomic E-state index is 11.7. The Bertz CT molecular complexity index is 196. The molecule has 0 fully saturated rings. The summed E-state index contributed by atoms with van der Waals surface area (Å²) in [4.78, 5) is 10.3. The minimum Gasteiger partial charge on any atom is -0.348 e. The molecule has 0 aromatic heterocycles. The summed E-state index contributed by atoms with van der Waals surface area (Å²) in [6.45, 7) is 0.784. The van der Waals surface area contributed by atoms with Gasteiger partial charge in [-0.15, -0.1) is 0 Å². The third kappa shape index (κ3) is 6.71. The van der Waals surface area contributed by atoms with E-state index in [1.807, 2.05) is 26.5 Å². The van der Waals surface area contributed by atoms with Gasteiger partial charge in [-0.1, -0.05) is 0 Å². The fraction of sp³-hybridized carbons (Fsp3) is 0.875. The molecule has 0 aliphatic rings. The van der Waals surface area contributed by atoms with E-state index in [0.29, 0.717) is 10.9 Å². The number of halogens is 3. The Morgan fingerprint density at radius 1 is 1.29 bits per heavy atom. The van der Waals surface area contributed by atoms with Crippen LogP contribution < -0.4 is 5.32 Å². The fourth-order valence-corrected chi connectivity index (χ4v) is 0.856. The predicted molar refractivity (Wildman–Crippen MR) is 46.6 cm³/mol. The Labute approximate surface area is 81.5 Å². The third-order valence-corrected chi connectivity index (χ3v) is 1.55. The standard InChI is InChI=1S/C8H15F3N2O/c1-13(2,3)6-4-5-12-7(14)8(9,10)11/h4-6H2,1-3H3/p+1. The van der Waals surface area contributed by atoms with E-state index in [1.165, 1.54) is 0 Å². The van der Waals surface area contributed by atoms with Crippen molar-refractivity contribution in [2.45, 2.75) is 12.6 Å². The van der Waals surface area contributed by atoms with E-state index in [1.54, 1.807) is 0 Å². The highest BCUT2D eigenvalue weighted by Crippen LogP contribution is 2.13. The van der Waals surface area contributed by atoms with E-state index in [9.17, 15) is 18.0 Å². The normalized spacial score (nSPS) is 12.7. The van der Waals surface area contributed by atoms with Gasteiger partial charge in [0.2, 0.25) is 0 Å². The van der Waals surface area contributed by atoms with E-state index in [4.69, 9.17) is 0 Å². The lowest BCUT2D eigenvalue weighted by molar-refractivity contribution is -0.870. The summed E-state index contributed by atoms with van der Waals surface area (Å²) in [7, 11) is 5.81. The Morgan fingerprint density at radius 3 is 2.14 bits per heavy atom. The molecule has 0 bridgehead atoms. The van der Waals surface area contributed by atoms with Crippen LogP contribution in [0.25, 0.3) is 0 Å². The number of carbonyl (C=O) groups excluding carboxylic acids is 1. The number of nitrogens with one attached hydrogen (secondary N) is 1. The van der Waals surface area contributed by atoms with Gasteiger partial charge in [-0.25, -0.2) is 0 Å². The number of quaternary nitrogens is 1. The molecule has 0 heterocycles. The summed E-state index contributed by atoms with van der Waals surface area (Å²) in [6.07, 6.45) is -4.23. The number of hydrogen-bond acceptors (Lipinski definition) is 1. The summed E-state index contributed by atoms with van der Waals surface area (Å²) < 4.78 is 35.8. The van der Waals surface area contributed by atoms with Crippen molar-refractivity contribution >= 4 is 5.91 Å². The van der Waals surface area contributed by atoms with Gasteiger partial charge in [0.25, 0.3) is 0 Å². The molecular formula is C8H16F3N2O+. The maximum absolute atomic E-state index is 11.7. The van der Waals surface area contributed by atoms with Crippen molar-refractivity contribution in [2.24, 2.45) is 0 Å². The number of rotatable bonds is 4. The molecule has 0 aromatic carbocycles. The van der Waals surface area contributed by atoms with Gasteiger partial charge in [-0.05, 0) is 0 Å². The van der Waals surface area contributed by atoms with Crippen molar-refractivity contribution in [1.82, 2.24) is 5.32 Å². The van der Waals surface area contributed by atoms with Crippen LogP contribution in [0.1, 0.15) is 6.42 Å². The Morgan fingerprint density at radius 2 is 1.79 bits per heavy atom. The molecule has 0 saturated carbocycles. The van der Waals surface area contributed by atoms with Gasteiger partial charge in [0, 0.05) is 13.0 Å². The highest BCUT2D eigenvalue weighted by atomic mass is 19.4. The van der Waals surface area contributed by atoms with Crippen LogP contribution in [0.2, 0.25) is 0 Å². The van der Waals surface area contributed by atoms with E-state index in [0.717, 1.165) is 6.54 Å². The number of alkyl halides is 3. The largest absolute Gasteiger partial charge is 0.471 e. The molecular weight excluding hydrogens is 197 g/mol. The van der Waals surface area contributed by atoms with Gasteiger partial charge in [0.15, 0.2) is 0 Å². The van der Waals surface area contributed by atoms with Crippen molar-refractivity contribution in [3.8, 4) is 0 Å². The van der Waals surface area contributed by atoms with Gasteiger partial charge in [0.05, 0.1) is 27.7 Å². The van der Waals surface area contributed by atoms with Gasteiger partial charge < -0.3 is 9.80 Å². The molecule has 0 radical (unpaired) electrons. The van der Waals surface area contributed by atoms with Crippen LogP contribution in [0.5, 0.6) is 0 Å². The highest BCUT2D eigenvalue weighted by Gasteiger charge is 2.38. The van der Waals surface area contributed by atoms with E-state index in [-0.39, 0.29) is 6.54 Å². The zero-order valence-electron chi connectivity index (χ0n) is 8.61. The molecule has 14 heavy (non-hydrogen) atoms. The summed E-state index contributed by atoms with van der Waals surface area (Å²) in [5, 5.41) is 1.82. The second-order valence-electron chi connectivity index (χ2n) is 4.12. The Hall–Kier alpha value is -0.780. The first-order valence-electron chi connectivity index (χ1n) is 4.28. The van der Waals surface area contributed by atoms with Gasteiger partial charge >= 0.3 is 12.1 Å². The van der Waals surface area contributed by atoms with Crippen LogP contribution in [0.15, 0.2) is 0 Å². The van der Waals surface area contributed by atoms with Gasteiger partial charge in [-0.2, -0.15) is 13.2 Å². The van der Waals surface area contributed by atoms with E-state index < -0.39 is 12.1 Å². The smallest absolute Gasteiger partial charge is 0.348 e. The molecule has 0 aromatic rings. The summed E-state index contributed by atoms with van der Waals surface area (Å²) in [6, 6.07) is 0. The average molecular weight is 213 g/mol. The quantitative estimate of drug-likeness (QED) is 0.542. The molecule has 0 aliphatic carbocycles. The lowest BCUT2D eigenvalue weighted by atomic mass is 10.3. The van der Waals surface area contributed by atoms with Crippen molar-refractivity contribution in [3.63, 3.8) is 0 Å². The van der Waals surface area contributed by atoms with Crippen LogP contribution in [-0.2, 0) is 4.79 Å². The second kappa shape index (κ2) is 4.63. The van der Waals surface area contributed by atoms with Gasteiger partial charge in [0.1, 0.15) is 0 Å². The fourth-order valence-electron chi connectivity index (χ4n) is 0.856. The predicted octanol–water partition coefficient (Wildman–Crippen LogP) is 0.761. The molecule has 0 rings (SSSR count). The minimum absolute atomic E-state index is 0.0634. The molecule has 3 nitrogen and oxygen atoms in total. The Balaban J connectivity index is 3.62. The van der Waals surface area contributed by atoms with Crippen LogP contribution in [0.4, 0.5) is 13.2 Å². The molecule has 1 N–H and O–H groups in total. The van der Waals surface area contributed by atoms with Gasteiger partial charge in [-0.3, -0.25) is 4.79 Å². The van der Waals surface area contributed by atoms with Crippen LogP contribution >= 0.6 is 0 Å². The number of hydrogen-bond donors (Lipinski definition) is 1. The monoisotopic (exact) mass is 213 g/mol. The second-order valence-corrected chi connectivity index (χ2v) is 4.12. The minimum atomic E-state index is -4.77. The summed E-state index contributed by atoms with van der Waals surface area (Å²) >= 11 is 0. The topological polar surface area (TPSA) is 29.1 Å². The third-order valence-electron chi connectivity index (χ3n) is 1.55. The van der Waals surface area contributed by atoms with Crippen molar-refractivity contribution < 1.29 is 22.4 Å². The molecule has 6 heteroatoms. The summed E-state index contributed by atoms with van der Waals surface area (Å²) in [5.74, 6) is -1.86. The first-order chi connectivity index (χ1) is 6.13. The first-order valence-corrected chi connectivity index (χ1v) is 4.28. The number of amides is 1. The maximum Gasteiger partial charge on any atom is 0.471 e. The van der Waals surface area contributed by atoms with E-state index in [2.05, 4.69) is 0 Å². The lowest BCUT2D eigenvalue weighted by Crippen LogP contribution is -2.40. The molecule has 1 amide bonds. The van der Waals surface area contributed by atoms with Crippen molar-refractivity contribution in [2.75, 3.05) is 34.2 Å². The molecule has 0 atom stereocenters. The van der Waals surface area contributed by atoms with Crippen LogP contribution in [-0.4, -0.2) is 50.8 Å². The first kappa shape index (κ1) is 13.2.